The Balaban J connectivity index is 1.67. The summed E-state index contributed by atoms with van der Waals surface area (Å²) in [6.45, 7) is 2.78. The van der Waals surface area contributed by atoms with Gasteiger partial charge in [0.05, 0.1) is 13.5 Å². The molecule has 0 spiro atoms. The van der Waals surface area contributed by atoms with Crippen LogP contribution in [0.3, 0.4) is 0 Å². The molecule has 1 aliphatic rings. The Bertz CT molecular complexity index is 1390. The molecule has 38 heavy (non-hydrogen) atoms. The molecule has 0 bridgehead atoms. The van der Waals surface area contributed by atoms with Crippen LogP contribution in [0.5, 0.6) is 11.5 Å². The first kappa shape index (κ1) is 26.9. The zero-order valence-electron chi connectivity index (χ0n) is 21.5. The average molecular weight is 530 g/mol. The number of amides is 2. The minimum atomic E-state index is -3.04. The number of benzene rings is 2. The van der Waals surface area contributed by atoms with Crippen molar-refractivity contribution in [3.05, 3.63) is 75.3 Å². The van der Waals surface area contributed by atoms with E-state index in [1.807, 2.05) is 26.8 Å². The lowest BCUT2D eigenvalue weighted by molar-refractivity contribution is -0.139. The molecule has 11 heteroatoms. The van der Waals surface area contributed by atoms with E-state index in [1.54, 1.807) is 24.3 Å². The maximum absolute atomic E-state index is 13.7. The van der Waals surface area contributed by atoms with Crippen molar-refractivity contribution < 1.29 is 32.4 Å². The normalized spacial score (nSPS) is 15.2. The third-order valence-electron chi connectivity index (χ3n) is 6.32. The Hall–Kier alpha value is -4.15. The summed E-state index contributed by atoms with van der Waals surface area (Å²) in [7, 11) is 1.54. The van der Waals surface area contributed by atoms with E-state index in [2.05, 4.69) is 10.5 Å². The number of fused-ring (bicyclic) bond motifs is 1. The number of halogens is 2. The van der Waals surface area contributed by atoms with Gasteiger partial charge in [0, 0.05) is 24.4 Å². The third-order valence-corrected chi connectivity index (χ3v) is 6.32. The number of rotatable bonds is 7. The van der Waals surface area contributed by atoms with Crippen molar-refractivity contribution >= 4 is 17.5 Å². The molecule has 1 aliphatic heterocycles. The van der Waals surface area contributed by atoms with Gasteiger partial charge in [-0.25, -0.2) is 0 Å². The first-order valence-electron chi connectivity index (χ1n) is 12.0. The minimum Gasteiger partial charge on any atom is -0.497 e. The number of nitrogens with zero attached hydrogens (tertiary/aromatic N) is 1. The summed E-state index contributed by atoms with van der Waals surface area (Å²) in [5.41, 5.74) is 1.28. The smallest absolute Gasteiger partial charge is 0.387 e. The lowest BCUT2D eigenvalue weighted by Crippen LogP contribution is -2.46. The number of aromatic amines is 1. The van der Waals surface area contributed by atoms with Gasteiger partial charge in [-0.15, -0.1) is 0 Å². The average Bonchev–Trinajstić information content (AvgIpc) is 3.26. The van der Waals surface area contributed by atoms with Crippen LogP contribution in [-0.2, 0) is 27.8 Å². The highest BCUT2D eigenvalue weighted by atomic mass is 19.3. The van der Waals surface area contributed by atoms with Crippen molar-refractivity contribution in [2.24, 2.45) is 0 Å². The van der Waals surface area contributed by atoms with Crippen molar-refractivity contribution in [1.29, 1.82) is 0 Å². The molecular weight excluding hydrogens is 500 g/mol. The Morgan fingerprint density at radius 3 is 2.58 bits per heavy atom. The van der Waals surface area contributed by atoms with E-state index in [4.69, 9.17) is 14.0 Å². The quantitative estimate of drug-likeness (QED) is 0.475. The molecule has 1 aromatic heterocycles. The topological polar surface area (TPSA) is 114 Å². The van der Waals surface area contributed by atoms with Crippen molar-refractivity contribution in [1.82, 2.24) is 10.1 Å². The second-order valence-electron chi connectivity index (χ2n) is 9.99. The van der Waals surface area contributed by atoms with E-state index in [-0.39, 0.29) is 30.2 Å². The third kappa shape index (κ3) is 5.87. The van der Waals surface area contributed by atoms with Gasteiger partial charge in [0.1, 0.15) is 23.3 Å². The van der Waals surface area contributed by atoms with E-state index >= 15 is 0 Å². The summed E-state index contributed by atoms with van der Waals surface area (Å²) in [6.07, 6.45) is 0.256. The van der Waals surface area contributed by atoms with Crippen molar-refractivity contribution in [2.75, 3.05) is 19.0 Å². The van der Waals surface area contributed by atoms with Gasteiger partial charge in [-0.3, -0.25) is 14.4 Å². The molecule has 0 radical (unpaired) electrons. The number of H-pyrrole nitrogens is 1. The first-order valence-corrected chi connectivity index (χ1v) is 12.0. The van der Waals surface area contributed by atoms with Crippen molar-refractivity contribution in [3.63, 3.8) is 0 Å². The SMILES string of the molecule is COc1ccc2c(c1)CCN(C(=O)Cc1cc(=O)[nH]o1)C2C(=O)Nc1ccc(C(C)(C)C)c(OC(F)F)c1. The van der Waals surface area contributed by atoms with Crippen LogP contribution in [0.25, 0.3) is 0 Å². The lowest BCUT2D eigenvalue weighted by Gasteiger charge is -2.36. The van der Waals surface area contributed by atoms with Crippen LogP contribution < -0.4 is 20.3 Å². The van der Waals surface area contributed by atoms with E-state index in [0.717, 1.165) is 5.56 Å². The van der Waals surface area contributed by atoms with Crippen LogP contribution in [0.4, 0.5) is 14.5 Å². The first-order chi connectivity index (χ1) is 18.0. The summed E-state index contributed by atoms with van der Waals surface area (Å²) in [5.74, 6) is -0.241. The van der Waals surface area contributed by atoms with Crippen molar-refractivity contribution in [2.45, 2.75) is 51.7 Å². The van der Waals surface area contributed by atoms with Crippen LogP contribution in [0.2, 0.25) is 0 Å². The Morgan fingerprint density at radius 1 is 1.18 bits per heavy atom. The summed E-state index contributed by atoms with van der Waals surface area (Å²) >= 11 is 0. The van der Waals surface area contributed by atoms with Gasteiger partial charge in [0.25, 0.3) is 11.5 Å². The summed E-state index contributed by atoms with van der Waals surface area (Å²) in [5, 5.41) is 4.90. The number of alkyl halides is 2. The molecule has 2 N–H and O–H groups in total. The molecule has 0 aliphatic carbocycles. The Kier molecular flexibility index (Phi) is 7.56. The molecule has 0 saturated carbocycles. The second-order valence-corrected chi connectivity index (χ2v) is 9.99. The molecule has 4 rings (SSSR count). The highest BCUT2D eigenvalue weighted by Crippen LogP contribution is 2.36. The molecule has 1 atom stereocenters. The Labute approximate surface area is 217 Å². The molecule has 2 amide bonds. The fourth-order valence-corrected chi connectivity index (χ4v) is 4.56. The number of hydrogen-bond acceptors (Lipinski definition) is 6. The summed E-state index contributed by atoms with van der Waals surface area (Å²) < 4.78 is 41.3. The van der Waals surface area contributed by atoms with Crippen LogP contribution in [0, 0.1) is 0 Å². The number of ether oxygens (including phenoxy) is 2. The second kappa shape index (κ2) is 10.7. The van der Waals surface area contributed by atoms with Crippen LogP contribution in [0.15, 0.2) is 51.8 Å². The molecule has 2 heterocycles. The van der Waals surface area contributed by atoms with E-state index in [9.17, 15) is 23.2 Å². The number of hydrogen-bond donors (Lipinski definition) is 2. The van der Waals surface area contributed by atoms with Gasteiger partial charge in [0.2, 0.25) is 5.91 Å². The maximum Gasteiger partial charge on any atom is 0.387 e. The number of anilines is 1. The molecule has 202 valence electrons. The molecule has 9 nitrogen and oxygen atoms in total. The van der Waals surface area contributed by atoms with Gasteiger partial charge in [-0.05, 0) is 46.7 Å². The number of carbonyl (C=O) groups excluding carboxylic acids is 2. The van der Waals surface area contributed by atoms with Crippen molar-refractivity contribution in [3.8, 4) is 11.5 Å². The number of aromatic nitrogens is 1. The van der Waals surface area contributed by atoms with E-state index in [0.29, 0.717) is 23.3 Å². The standard InChI is InChI=1S/C27H29F2N3O6/c1-27(2,3)20-8-5-16(12-21(20)37-26(28)29)30-25(35)24-19-7-6-17(36-4)11-15(19)9-10-32(24)23(34)14-18-13-22(33)31-38-18/h5-8,11-13,24,26H,9-10,14H2,1-4H3,(H,30,35)(H,31,33). The predicted molar refractivity (Wildman–Crippen MR) is 135 cm³/mol. The van der Waals surface area contributed by atoms with Gasteiger partial charge >= 0.3 is 6.61 Å². The zero-order valence-corrected chi connectivity index (χ0v) is 21.5. The molecule has 0 saturated heterocycles. The van der Waals surface area contributed by atoms with Gasteiger partial charge in [0.15, 0.2) is 0 Å². The molecule has 0 fully saturated rings. The number of carbonyl (C=O) groups is 2. The highest BCUT2D eigenvalue weighted by molar-refractivity contribution is 5.98. The number of nitrogens with one attached hydrogen (secondary N) is 2. The maximum atomic E-state index is 13.7. The molecule has 1 unspecified atom stereocenters. The van der Waals surface area contributed by atoms with E-state index < -0.39 is 35.4 Å². The summed E-state index contributed by atoms with van der Waals surface area (Å²) in [6, 6.07) is 9.98. The zero-order chi connectivity index (χ0) is 27.6. The van der Waals surface area contributed by atoms with Crippen LogP contribution in [0.1, 0.15) is 49.3 Å². The van der Waals surface area contributed by atoms with Gasteiger partial charge in [-0.1, -0.05) is 32.9 Å². The largest absolute Gasteiger partial charge is 0.497 e. The van der Waals surface area contributed by atoms with Gasteiger partial charge in [-0.2, -0.15) is 13.9 Å². The lowest BCUT2D eigenvalue weighted by atomic mass is 9.86. The molecule has 3 aromatic rings. The Morgan fingerprint density at radius 2 is 1.95 bits per heavy atom. The molecular formula is C27H29F2N3O6. The molecule has 2 aromatic carbocycles. The van der Waals surface area contributed by atoms with Crippen LogP contribution in [-0.4, -0.2) is 42.1 Å². The van der Waals surface area contributed by atoms with E-state index in [1.165, 1.54) is 24.1 Å². The fraction of sp³-hybridized carbons (Fsp3) is 0.370. The highest BCUT2D eigenvalue weighted by Gasteiger charge is 2.36. The van der Waals surface area contributed by atoms with Crippen LogP contribution >= 0.6 is 0 Å². The number of methoxy groups -OCH3 is 1. The van der Waals surface area contributed by atoms with Gasteiger partial charge < -0.3 is 24.2 Å². The predicted octanol–water partition coefficient (Wildman–Crippen LogP) is 4.18. The summed E-state index contributed by atoms with van der Waals surface area (Å²) in [4.78, 5) is 39.8. The minimum absolute atomic E-state index is 0.0468. The monoisotopic (exact) mass is 529 g/mol. The fourth-order valence-electron chi connectivity index (χ4n) is 4.56.